The average molecular weight is 246 g/mol. The van der Waals surface area contributed by atoms with Crippen LogP contribution in [0.1, 0.15) is 5.56 Å². The molecule has 0 fully saturated rings. The van der Waals surface area contributed by atoms with Gasteiger partial charge in [0.25, 0.3) is 0 Å². The number of aromatic nitrogens is 1. The van der Waals surface area contributed by atoms with Crippen LogP contribution in [0.4, 0.5) is 0 Å². The maximum atomic E-state index is 10.9. The molecule has 0 spiro atoms. The minimum absolute atomic E-state index is 0.0316. The smallest absolute Gasteiger partial charge is 0.357 e. The fraction of sp³-hybridized carbons (Fsp3) is 0.250. The van der Waals surface area contributed by atoms with Crippen LogP contribution >= 0.6 is 7.60 Å². The van der Waals surface area contributed by atoms with Crippen LogP contribution in [-0.4, -0.2) is 31.9 Å². The topological polar surface area (TPSA) is 134 Å². The molecule has 1 aromatic heterocycles. The second kappa shape index (κ2) is 4.71. The molecule has 0 saturated heterocycles. The Morgan fingerprint density at radius 3 is 2.62 bits per heavy atom. The zero-order valence-electron chi connectivity index (χ0n) is 8.15. The first-order valence-corrected chi connectivity index (χ1v) is 5.90. The van der Waals surface area contributed by atoms with E-state index in [2.05, 4.69) is 4.98 Å². The number of carbonyl (C=O) groups is 1. The maximum absolute atomic E-state index is 10.9. The molecule has 0 aromatic carbocycles. The van der Waals surface area contributed by atoms with Crippen molar-refractivity contribution in [2.75, 3.05) is 0 Å². The summed E-state index contributed by atoms with van der Waals surface area (Å²) in [7, 11) is -4.36. The zero-order chi connectivity index (χ0) is 12.3. The number of nitrogens with zero attached hydrogens (tertiary/aromatic N) is 1. The van der Waals surface area contributed by atoms with Crippen molar-refractivity contribution in [3.63, 3.8) is 0 Å². The van der Waals surface area contributed by atoms with Gasteiger partial charge in [0.15, 0.2) is 0 Å². The Bertz CT molecular complexity index is 444. The molecule has 0 aliphatic heterocycles. The highest BCUT2D eigenvalue weighted by Gasteiger charge is 2.19. The summed E-state index contributed by atoms with van der Waals surface area (Å²) in [4.78, 5) is 31.9. The molecule has 0 bridgehead atoms. The second-order valence-corrected chi connectivity index (χ2v) is 4.85. The van der Waals surface area contributed by atoms with Gasteiger partial charge in [-0.05, 0) is 18.1 Å². The molecular weight excluding hydrogens is 235 g/mol. The molecule has 1 aromatic rings. The van der Waals surface area contributed by atoms with Crippen molar-refractivity contribution in [2.24, 2.45) is 5.73 Å². The summed E-state index contributed by atoms with van der Waals surface area (Å²) in [6, 6.07) is 0.0881. The van der Waals surface area contributed by atoms with Gasteiger partial charge in [-0.1, -0.05) is 0 Å². The number of aliphatic carboxylic acids is 1. The highest BCUT2D eigenvalue weighted by atomic mass is 31.2. The maximum Gasteiger partial charge on any atom is 0.357 e. The van der Waals surface area contributed by atoms with Crippen LogP contribution in [0.2, 0.25) is 0 Å². The standard InChI is InChI=1S/C8H11N2O5P/c9-7(8(11)12)2-5-1-6(4-10-3-5)16(13,14)15/h1,3-4,7H,2,9H2,(H,11,12)(H2,13,14,15)/t7-/m0/s1. The van der Waals surface area contributed by atoms with Crippen molar-refractivity contribution in [3.8, 4) is 0 Å². The fourth-order valence-electron chi connectivity index (χ4n) is 1.09. The van der Waals surface area contributed by atoms with E-state index < -0.39 is 19.6 Å². The van der Waals surface area contributed by atoms with Crippen molar-refractivity contribution < 1.29 is 24.3 Å². The Kier molecular flexibility index (Phi) is 3.77. The van der Waals surface area contributed by atoms with E-state index >= 15 is 0 Å². The summed E-state index contributed by atoms with van der Waals surface area (Å²) in [5.41, 5.74) is 5.66. The molecule has 88 valence electrons. The first-order valence-electron chi connectivity index (χ1n) is 4.29. The molecule has 7 nitrogen and oxygen atoms in total. The lowest BCUT2D eigenvalue weighted by atomic mass is 10.1. The van der Waals surface area contributed by atoms with Gasteiger partial charge in [-0.3, -0.25) is 14.3 Å². The van der Waals surface area contributed by atoms with Gasteiger partial charge >= 0.3 is 13.6 Å². The Hall–Kier alpha value is -1.27. The van der Waals surface area contributed by atoms with E-state index in [9.17, 15) is 9.36 Å². The number of pyridine rings is 1. The molecule has 0 saturated carbocycles. The van der Waals surface area contributed by atoms with Crippen molar-refractivity contribution >= 4 is 18.9 Å². The van der Waals surface area contributed by atoms with Crippen molar-refractivity contribution in [3.05, 3.63) is 24.0 Å². The molecule has 8 heteroatoms. The largest absolute Gasteiger partial charge is 0.480 e. The summed E-state index contributed by atoms with van der Waals surface area (Å²) < 4.78 is 10.9. The highest BCUT2D eigenvalue weighted by Crippen LogP contribution is 2.32. The molecule has 5 N–H and O–H groups in total. The summed E-state index contributed by atoms with van der Waals surface area (Å²) in [6.07, 6.45) is 2.33. The zero-order valence-corrected chi connectivity index (χ0v) is 9.04. The van der Waals surface area contributed by atoms with Crippen molar-refractivity contribution in [1.82, 2.24) is 4.98 Å². The second-order valence-electron chi connectivity index (χ2n) is 3.24. The number of hydrogen-bond donors (Lipinski definition) is 4. The predicted molar refractivity (Wildman–Crippen MR) is 55.2 cm³/mol. The third-order valence-corrected chi connectivity index (χ3v) is 2.81. The quantitative estimate of drug-likeness (QED) is 0.492. The minimum Gasteiger partial charge on any atom is -0.480 e. The van der Waals surface area contributed by atoms with Crippen LogP contribution < -0.4 is 11.0 Å². The van der Waals surface area contributed by atoms with E-state index in [0.29, 0.717) is 5.56 Å². The van der Waals surface area contributed by atoms with Gasteiger partial charge in [0, 0.05) is 12.4 Å². The molecule has 16 heavy (non-hydrogen) atoms. The molecule has 0 radical (unpaired) electrons. The Morgan fingerprint density at radius 2 is 2.12 bits per heavy atom. The lowest BCUT2D eigenvalue weighted by molar-refractivity contribution is -0.138. The van der Waals surface area contributed by atoms with Crippen LogP contribution in [0.15, 0.2) is 18.5 Å². The van der Waals surface area contributed by atoms with E-state index in [-0.39, 0.29) is 11.7 Å². The first kappa shape index (κ1) is 12.8. The number of rotatable bonds is 4. The SMILES string of the molecule is N[C@@H](Cc1cncc(P(=O)(O)O)c1)C(=O)O. The normalized spacial score (nSPS) is 13.4. The monoisotopic (exact) mass is 246 g/mol. The van der Waals surface area contributed by atoms with Crippen LogP contribution in [0.3, 0.4) is 0 Å². The molecular formula is C8H11N2O5P. The fourth-order valence-corrected chi connectivity index (χ4v) is 1.64. The van der Waals surface area contributed by atoms with Gasteiger partial charge in [-0.2, -0.15) is 0 Å². The number of nitrogens with two attached hydrogens (primary N) is 1. The van der Waals surface area contributed by atoms with Gasteiger partial charge in [-0.15, -0.1) is 0 Å². The third kappa shape index (κ3) is 3.39. The number of carboxylic acids is 1. The minimum atomic E-state index is -4.36. The van der Waals surface area contributed by atoms with Crippen LogP contribution in [-0.2, 0) is 15.8 Å². The Morgan fingerprint density at radius 1 is 1.50 bits per heavy atom. The summed E-state index contributed by atoms with van der Waals surface area (Å²) >= 11 is 0. The van der Waals surface area contributed by atoms with Gasteiger partial charge < -0.3 is 20.6 Å². The molecule has 1 atom stereocenters. The molecule has 1 rings (SSSR count). The van der Waals surface area contributed by atoms with Crippen LogP contribution in [0.25, 0.3) is 0 Å². The number of hydrogen-bond acceptors (Lipinski definition) is 4. The first-order chi connectivity index (χ1) is 7.30. The molecule has 0 aliphatic carbocycles. The number of carboxylic acid groups (broad SMARTS) is 1. The van der Waals surface area contributed by atoms with Gasteiger partial charge in [0.2, 0.25) is 0 Å². The van der Waals surface area contributed by atoms with E-state index in [1.807, 2.05) is 0 Å². The highest BCUT2D eigenvalue weighted by molar-refractivity contribution is 7.60. The molecule has 0 unspecified atom stereocenters. The lowest BCUT2D eigenvalue weighted by Gasteiger charge is -2.08. The lowest BCUT2D eigenvalue weighted by Crippen LogP contribution is -2.32. The Balaban J connectivity index is 2.92. The summed E-state index contributed by atoms with van der Waals surface area (Å²) in [6.45, 7) is 0. The van der Waals surface area contributed by atoms with Gasteiger partial charge in [0.1, 0.15) is 6.04 Å². The van der Waals surface area contributed by atoms with E-state index in [1.165, 1.54) is 12.3 Å². The third-order valence-electron chi connectivity index (χ3n) is 1.89. The van der Waals surface area contributed by atoms with Crippen LogP contribution in [0, 0.1) is 0 Å². The predicted octanol–water partition coefficient (Wildman–Crippen LogP) is -1.16. The molecule has 0 amide bonds. The summed E-state index contributed by atoms with van der Waals surface area (Å²) in [5, 5.41) is 8.33. The van der Waals surface area contributed by atoms with Crippen molar-refractivity contribution in [1.29, 1.82) is 0 Å². The van der Waals surface area contributed by atoms with Crippen molar-refractivity contribution in [2.45, 2.75) is 12.5 Å². The average Bonchev–Trinajstić information content (AvgIpc) is 2.16. The van der Waals surface area contributed by atoms with Gasteiger partial charge in [0.05, 0.1) is 5.30 Å². The van der Waals surface area contributed by atoms with Crippen LogP contribution in [0.5, 0.6) is 0 Å². The van der Waals surface area contributed by atoms with E-state index in [1.54, 1.807) is 0 Å². The van der Waals surface area contributed by atoms with Gasteiger partial charge in [-0.25, -0.2) is 0 Å². The van der Waals surface area contributed by atoms with E-state index in [4.69, 9.17) is 20.6 Å². The Labute approximate surface area is 91.1 Å². The van der Waals surface area contributed by atoms with E-state index in [0.717, 1.165) is 6.20 Å². The molecule has 0 aliphatic rings. The molecule has 1 heterocycles. The summed E-state index contributed by atoms with van der Waals surface area (Å²) in [5.74, 6) is -1.18.